The van der Waals surface area contributed by atoms with E-state index in [9.17, 15) is 13.6 Å². The molecule has 0 N–H and O–H groups in total. The Balaban J connectivity index is 3.30. The average molecular weight is 362 g/mol. The molecule has 0 aliphatic rings. The van der Waals surface area contributed by atoms with Crippen LogP contribution in [0, 0.1) is 3.57 Å². The van der Waals surface area contributed by atoms with E-state index in [4.69, 9.17) is 0 Å². The van der Waals surface area contributed by atoms with Crippen LogP contribution in [0.3, 0.4) is 0 Å². The quantitative estimate of drug-likeness (QED) is 0.598. The summed E-state index contributed by atoms with van der Waals surface area (Å²) >= 11 is 4.93. The van der Waals surface area contributed by atoms with Gasteiger partial charge in [0.2, 0.25) is 0 Å². The predicted octanol–water partition coefficient (Wildman–Crippen LogP) is 3.20. The number of aldehydes is 1. The fourth-order valence-corrected chi connectivity index (χ4v) is 1.57. The molecule has 0 bridgehead atoms. The third-order valence-corrected chi connectivity index (χ3v) is 3.79. The van der Waals surface area contributed by atoms with E-state index in [0.717, 1.165) is 0 Å². The lowest BCUT2D eigenvalue weighted by atomic mass is 10.3. The van der Waals surface area contributed by atoms with Crippen molar-refractivity contribution in [1.29, 1.82) is 0 Å². The highest BCUT2D eigenvalue weighted by atomic mass is 127. The Bertz CT molecular complexity index is 346. The Labute approximate surface area is 95.0 Å². The maximum absolute atomic E-state index is 12.2. The standard InChI is InChI=1S/C7H3BrF2INO/c8-3-1-4(7(9)10)12-5(2-13)6(3)11/h1-2,7H. The van der Waals surface area contributed by atoms with Crippen molar-refractivity contribution in [3.8, 4) is 0 Å². The molecule has 1 rings (SSSR count). The molecule has 0 fully saturated rings. The minimum atomic E-state index is -2.66. The third-order valence-electron chi connectivity index (χ3n) is 1.29. The molecule has 6 heteroatoms. The molecular formula is C7H3BrF2INO. The Kier molecular flexibility index (Phi) is 3.72. The number of halogens is 4. The van der Waals surface area contributed by atoms with Crippen molar-refractivity contribution in [2.24, 2.45) is 0 Å². The van der Waals surface area contributed by atoms with Gasteiger partial charge in [-0.3, -0.25) is 4.79 Å². The molecule has 70 valence electrons. The molecule has 13 heavy (non-hydrogen) atoms. The summed E-state index contributed by atoms with van der Waals surface area (Å²) in [5, 5.41) is 0. The first-order valence-corrected chi connectivity index (χ1v) is 5.02. The van der Waals surface area contributed by atoms with Crippen molar-refractivity contribution >= 4 is 44.8 Å². The monoisotopic (exact) mass is 361 g/mol. The fraction of sp³-hybridized carbons (Fsp3) is 0.143. The maximum atomic E-state index is 12.2. The summed E-state index contributed by atoms with van der Waals surface area (Å²) < 4.78 is 25.4. The Morgan fingerprint density at radius 2 is 2.23 bits per heavy atom. The van der Waals surface area contributed by atoms with Gasteiger partial charge in [0.1, 0.15) is 11.4 Å². The Morgan fingerprint density at radius 1 is 1.62 bits per heavy atom. The summed E-state index contributed by atoms with van der Waals surface area (Å²) in [6.45, 7) is 0. The normalized spacial score (nSPS) is 10.5. The van der Waals surface area contributed by atoms with E-state index in [1.54, 1.807) is 0 Å². The molecule has 0 spiro atoms. The number of nitrogens with zero attached hydrogens (tertiary/aromatic N) is 1. The molecular weight excluding hydrogens is 359 g/mol. The van der Waals surface area contributed by atoms with E-state index in [2.05, 4.69) is 20.9 Å². The van der Waals surface area contributed by atoms with Gasteiger partial charge in [-0.2, -0.15) is 0 Å². The summed E-state index contributed by atoms with van der Waals surface area (Å²) in [6.07, 6.45) is -2.20. The van der Waals surface area contributed by atoms with Crippen LogP contribution in [0.5, 0.6) is 0 Å². The van der Waals surface area contributed by atoms with Crippen LogP contribution in [0.1, 0.15) is 22.6 Å². The van der Waals surface area contributed by atoms with Gasteiger partial charge >= 0.3 is 0 Å². The van der Waals surface area contributed by atoms with Gasteiger partial charge in [0.15, 0.2) is 6.29 Å². The number of carbonyl (C=O) groups excluding carboxylic acids is 1. The smallest absolute Gasteiger partial charge is 0.280 e. The highest BCUT2D eigenvalue weighted by Crippen LogP contribution is 2.26. The van der Waals surface area contributed by atoms with Crippen LogP contribution in [0.4, 0.5) is 8.78 Å². The summed E-state index contributed by atoms with van der Waals surface area (Å²) in [4.78, 5) is 13.9. The number of aromatic nitrogens is 1. The van der Waals surface area contributed by atoms with Crippen molar-refractivity contribution in [3.05, 3.63) is 25.5 Å². The molecule has 0 saturated heterocycles. The van der Waals surface area contributed by atoms with Crippen molar-refractivity contribution < 1.29 is 13.6 Å². The molecule has 1 heterocycles. The molecule has 0 unspecified atom stereocenters. The minimum absolute atomic E-state index is 0.0327. The van der Waals surface area contributed by atoms with Crippen LogP contribution in [0.2, 0.25) is 0 Å². The first kappa shape index (κ1) is 11.0. The molecule has 0 atom stereocenters. The lowest BCUT2D eigenvalue weighted by molar-refractivity contribution is 0.111. The Morgan fingerprint density at radius 3 is 2.69 bits per heavy atom. The van der Waals surface area contributed by atoms with Crippen molar-refractivity contribution in [3.63, 3.8) is 0 Å². The molecule has 1 aromatic heterocycles. The summed E-state index contributed by atoms with van der Waals surface area (Å²) in [7, 11) is 0. The van der Waals surface area contributed by atoms with E-state index >= 15 is 0 Å². The van der Waals surface area contributed by atoms with E-state index in [1.165, 1.54) is 6.07 Å². The molecule has 0 aliphatic carbocycles. The van der Waals surface area contributed by atoms with Gasteiger partial charge in [0, 0.05) is 4.47 Å². The molecule has 1 aromatic rings. The van der Waals surface area contributed by atoms with Crippen LogP contribution in [0.25, 0.3) is 0 Å². The first-order valence-electron chi connectivity index (χ1n) is 3.15. The van der Waals surface area contributed by atoms with E-state index in [1.807, 2.05) is 22.6 Å². The van der Waals surface area contributed by atoms with Gasteiger partial charge in [-0.05, 0) is 44.6 Å². The summed E-state index contributed by atoms with van der Waals surface area (Å²) in [5.74, 6) is 0. The molecule has 0 aromatic carbocycles. The Hall–Kier alpha value is -0.110. The van der Waals surface area contributed by atoms with Gasteiger partial charge in [0.25, 0.3) is 6.43 Å². The maximum Gasteiger partial charge on any atom is 0.280 e. The molecule has 2 nitrogen and oxygen atoms in total. The minimum Gasteiger partial charge on any atom is -0.296 e. The van der Waals surface area contributed by atoms with E-state index < -0.39 is 12.1 Å². The molecule has 0 amide bonds. The summed E-state index contributed by atoms with van der Waals surface area (Å²) in [5.41, 5.74) is -0.361. The lowest BCUT2D eigenvalue weighted by Gasteiger charge is -2.03. The van der Waals surface area contributed by atoms with Gasteiger partial charge in [-0.1, -0.05) is 0 Å². The second-order valence-electron chi connectivity index (χ2n) is 2.15. The second-order valence-corrected chi connectivity index (χ2v) is 4.08. The molecule has 0 saturated carbocycles. The zero-order chi connectivity index (χ0) is 10.0. The summed E-state index contributed by atoms with van der Waals surface area (Å²) in [6, 6.07) is 1.21. The highest BCUT2D eigenvalue weighted by molar-refractivity contribution is 14.1. The first-order chi connectivity index (χ1) is 6.06. The fourth-order valence-electron chi connectivity index (χ4n) is 0.726. The third kappa shape index (κ3) is 2.43. The highest BCUT2D eigenvalue weighted by Gasteiger charge is 2.14. The lowest BCUT2D eigenvalue weighted by Crippen LogP contribution is -1.99. The number of hydrogen-bond acceptors (Lipinski definition) is 2. The van der Waals surface area contributed by atoms with Crippen LogP contribution < -0.4 is 0 Å². The van der Waals surface area contributed by atoms with Crippen LogP contribution in [0.15, 0.2) is 10.5 Å². The number of alkyl halides is 2. The van der Waals surface area contributed by atoms with Gasteiger partial charge in [0.05, 0.1) is 3.57 Å². The van der Waals surface area contributed by atoms with Gasteiger partial charge in [-0.25, -0.2) is 13.8 Å². The predicted molar refractivity (Wildman–Crippen MR) is 55.0 cm³/mol. The second kappa shape index (κ2) is 4.41. The van der Waals surface area contributed by atoms with Crippen molar-refractivity contribution in [2.45, 2.75) is 6.43 Å². The average Bonchev–Trinajstić information content (AvgIpc) is 2.09. The molecule has 0 aliphatic heterocycles. The van der Waals surface area contributed by atoms with Crippen LogP contribution in [-0.2, 0) is 0 Å². The van der Waals surface area contributed by atoms with E-state index in [0.29, 0.717) is 14.3 Å². The number of rotatable bonds is 2. The topological polar surface area (TPSA) is 30.0 Å². The van der Waals surface area contributed by atoms with E-state index in [-0.39, 0.29) is 5.69 Å². The van der Waals surface area contributed by atoms with Crippen molar-refractivity contribution in [1.82, 2.24) is 4.98 Å². The molecule has 0 radical (unpaired) electrons. The van der Waals surface area contributed by atoms with Crippen molar-refractivity contribution in [2.75, 3.05) is 0 Å². The van der Waals surface area contributed by atoms with Gasteiger partial charge in [-0.15, -0.1) is 0 Å². The SMILES string of the molecule is O=Cc1nc(C(F)F)cc(Br)c1I. The largest absolute Gasteiger partial charge is 0.296 e. The zero-order valence-electron chi connectivity index (χ0n) is 6.10. The van der Waals surface area contributed by atoms with Crippen LogP contribution >= 0.6 is 38.5 Å². The number of pyridine rings is 1. The number of carbonyl (C=O) groups is 1. The zero-order valence-corrected chi connectivity index (χ0v) is 9.84. The number of hydrogen-bond donors (Lipinski definition) is 0. The van der Waals surface area contributed by atoms with Crippen LogP contribution in [-0.4, -0.2) is 11.3 Å². The van der Waals surface area contributed by atoms with Gasteiger partial charge < -0.3 is 0 Å².